The molecule has 0 saturated heterocycles. The van der Waals surface area contributed by atoms with Gasteiger partial charge in [-0.05, 0) is 31.0 Å². The summed E-state index contributed by atoms with van der Waals surface area (Å²) in [4.78, 5) is 30.7. The van der Waals surface area contributed by atoms with E-state index in [1.807, 2.05) is 6.92 Å². The van der Waals surface area contributed by atoms with Gasteiger partial charge in [-0.1, -0.05) is 19.1 Å². The minimum Gasteiger partial charge on any atom is -0.387 e. The maximum atomic E-state index is 13.2. The van der Waals surface area contributed by atoms with Crippen LogP contribution in [0.4, 0.5) is 4.39 Å². The van der Waals surface area contributed by atoms with Gasteiger partial charge in [-0.2, -0.15) is 0 Å². The minimum absolute atomic E-state index is 0.239. The first-order chi connectivity index (χ1) is 13.9. The van der Waals surface area contributed by atoms with E-state index < -0.39 is 23.2 Å². The number of aliphatic hydroxyl groups is 1. The maximum absolute atomic E-state index is 13.2. The number of nitrogens with zero attached hydrogens (tertiary/aromatic N) is 4. The van der Waals surface area contributed by atoms with Gasteiger partial charge in [0, 0.05) is 20.2 Å². The van der Waals surface area contributed by atoms with Crippen LogP contribution in [0.1, 0.15) is 30.8 Å². The molecule has 3 rings (SSSR count). The first-order valence-corrected chi connectivity index (χ1v) is 9.52. The van der Waals surface area contributed by atoms with E-state index in [9.17, 15) is 19.1 Å². The summed E-state index contributed by atoms with van der Waals surface area (Å²) in [6, 6.07) is 5.31. The number of aryl methyl sites for hydroxylation is 2. The minimum atomic E-state index is -1.13. The first kappa shape index (κ1) is 20.9. The third kappa shape index (κ3) is 4.01. The number of benzene rings is 1. The van der Waals surface area contributed by atoms with Gasteiger partial charge in [0.15, 0.2) is 11.2 Å². The lowest BCUT2D eigenvalue weighted by atomic mass is 10.1. The molecule has 0 saturated carbocycles. The summed E-state index contributed by atoms with van der Waals surface area (Å²) in [5.41, 5.74) is 0.0166. The molecule has 29 heavy (non-hydrogen) atoms. The number of ether oxygens (including phenoxy) is 1. The molecule has 156 valence electrons. The number of fused-ring (bicyclic) bond motifs is 1. The van der Waals surface area contributed by atoms with E-state index in [1.165, 1.54) is 28.8 Å². The summed E-state index contributed by atoms with van der Waals surface area (Å²) in [6.45, 7) is 4.65. The van der Waals surface area contributed by atoms with Crippen molar-refractivity contribution in [1.82, 2.24) is 18.7 Å². The molecule has 0 aliphatic rings. The van der Waals surface area contributed by atoms with Crippen molar-refractivity contribution in [2.75, 3.05) is 13.7 Å². The van der Waals surface area contributed by atoms with Crippen LogP contribution in [-0.2, 0) is 24.4 Å². The summed E-state index contributed by atoms with van der Waals surface area (Å²) in [7, 11) is 1.57. The predicted molar refractivity (Wildman–Crippen MR) is 107 cm³/mol. The molecule has 0 amide bonds. The molecule has 0 spiro atoms. The molecular formula is C20H25FN4O4. The predicted octanol–water partition coefficient (Wildman–Crippen LogP) is 1.60. The van der Waals surface area contributed by atoms with E-state index in [4.69, 9.17) is 4.74 Å². The normalized spacial score (nSPS) is 12.6. The molecule has 0 radical (unpaired) electrons. The number of hydrogen-bond donors (Lipinski definition) is 1. The Hall–Kier alpha value is -2.78. The average Bonchev–Trinajstić information content (AvgIpc) is 3.03. The van der Waals surface area contributed by atoms with E-state index in [1.54, 1.807) is 18.6 Å². The fourth-order valence-electron chi connectivity index (χ4n) is 3.40. The lowest BCUT2D eigenvalue weighted by Crippen LogP contribution is -2.42. The van der Waals surface area contributed by atoms with Crippen molar-refractivity contribution in [2.24, 2.45) is 0 Å². The summed E-state index contributed by atoms with van der Waals surface area (Å²) >= 11 is 0. The zero-order chi connectivity index (χ0) is 21.1. The Balaban J connectivity index is 2.16. The quantitative estimate of drug-likeness (QED) is 0.616. The lowest BCUT2D eigenvalue weighted by Gasteiger charge is -2.15. The molecular weight excluding hydrogens is 379 g/mol. The Bertz CT molecular complexity index is 1110. The summed E-state index contributed by atoms with van der Waals surface area (Å²) in [5, 5.41) is 10.5. The number of aliphatic hydroxyl groups excluding tert-OH is 1. The summed E-state index contributed by atoms with van der Waals surface area (Å²) in [6.07, 6.45) is -0.456. The molecule has 0 bridgehead atoms. The maximum Gasteiger partial charge on any atom is 0.332 e. The van der Waals surface area contributed by atoms with E-state index in [2.05, 4.69) is 4.98 Å². The molecule has 0 fully saturated rings. The van der Waals surface area contributed by atoms with Crippen molar-refractivity contribution < 1.29 is 14.2 Å². The van der Waals surface area contributed by atoms with Gasteiger partial charge in [0.1, 0.15) is 11.6 Å². The van der Waals surface area contributed by atoms with E-state index >= 15 is 0 Å². The third-order valence-electron chi connectivity index (χ3n) is 4.88. The highest BCUT2D eigenvalue weighted by molar-refractivity contribution is 5.71. The number of aromatic nitrogens is 4. The van der Waals surface area contributed by atoms with Gasteiger partial charge < -0.3 is 14.4 Å². The smallest absolute Gasteiger partial charge is 0.332 e. The van der Waals surface area contributed by atoms with Gasteiger partial charge in [-0.15, -0.1) is 0 Å². The molecule has 1 atom stereocenters. The highest BCUT2D eigenvalue weighted by Crippen LogP contribution is 2.16. The number of rotatable bonds is 8. The standard InChI is InChI=1S/C20H25FN4O4/c1-4-9-24-18-17(23(10-11-29-3)13(2)22-18)19(27)25(20(24)28)12-16(26)14-5-7-15(21)8-6-14/h5-8,16,26H,4,9-12H2,1-3H3/t16-/m1/s1. The van der Waals surface area contributed by atoms with Gasteiger partial charge in [0.2, 0.25) is 0 Å². The molecule has 1 N–H and O–H groups in total. The van der Waals surface area contributed by atoms with Crippen LogP contribution in [0.2, 0.25) is 0 Å². The Labute approximate surface area is 166 Å². The molecule has 3 aromatic rings. The van der Waals surface area contributed by atoms with Crippen molar-refractivity contribution in [3.05, 3.63) is 62.3 Å². The Morgan fingerprint density at radius 2 is 1.83 bits per heavy atom. The van der Waals surface area contributed by atoms with Crippen LogP contribution in [0.3, 0.4) is 0 Å². The fourth-order valence-corrected chi connectivity index (χ4v) is 3.40. The molecule has 0 unspecified atom stereocenters. The Kier molecular flexibility index (Phi) is 6.29. The van der Waals surface area contributed by atoms with Crippen LogP contribution in [-0.4, -0.2) is 37.5 Å². The van der Waals surface area contributed by atoms with E-state index in [-0.39, 0.29) is 6.54 Å². The highest BCUT2D eigenvalue weighted by Gasteiger charge is 2.21. The second-order valence-electron chi connectivity index (χ2n) is 6.89. The number of methoxy groups -OCH3 is 1. The molecule has 8 nitrogen and oxygen atoms in total. The number of halogens is 1. The van der Waals surface area contributed by atoms with Crippen LogP contribution in [0.15, 0.2) is 33.9 Å². The zero-order valence-electron chi connectivity index (χ0n) is 16.8. The van der Waals surface area contributed by atoms with Gasteiger partial charge in [-0.3, -0.25) is 13.9 Å². The molecule has 0 aliphatic heterocycles. The van der Waals surface area contributed by atoms with Gasteiger partial charge in [0.25, 0.3) is 5.56 Å². The van der Waals surface area contributed by atoms with Crippen molar-refractivity contribution in [1.29, 1.82) is 0 Å². The second kappa shape index (κ2) is 8.71. The third-order valence-corrected chi connectivity index (χ3v) is 4.88. The zero-order valence-corrected chi connectivity index (χ0v) is 16.8. The molecule has 0 aliphatic carbocycles. The molecule has 2 heterocycles. The topological polar surface area (TPSA) is 91.3 Å². The van der Waals surface area contributed by atoms with Crippen molar-refractivity contribution in [3.8, 4) is 0 Å². The van der Waals surface area contributed by atoms with Gasteiger partial charge >= 0.3 is 5.69 Å². The van der Waals surface area contributed by atoms with Crippen LogP contribution >= 0.6 is 0 Å². The summed E-state index contributed by atoms with van der Waals surface area (Å²) in [5.74, 6) is 0.178. The van der Waals surface area contributed by atoms with Crippen molar-refractivity contribution in [2.45, 2.75) is 46.0 Å². The monoisotopic (exact) mass is 404 g/mol. The summed E-state index contributed by atoms with van der Waals surface area (Å²) < 4.78 is 22.5. The van der Waals surface area contributed by atoms with Crippen LogP contribution < -0.4 is 11.2 Å². The molecule has 9 heteroatoms. The SMILES string of the molecule is CCCn1c(=O)n(C[C@@H](O)c2ccc(F)cc2)c(=O)c2c1nc(C)n2CCOC. The van der Waals surface area contributed by atoms with Gasteiger partial charge in [0.05, 0.1) is 19.3 Å². The van der Waals surface area contributed by atoms with Crippen LogP contribution in [0.5, 0.6) is 0 Å². The van der Waals surface area contributed by atoms with Crippen LogP contribution in [0.25, 0.3) is 11.2 Å². The number of hydrogen-bond acceptors (Lipinski definition) is 5. The second-order valence-corrected chi connectivity index (χ2v) is 6.89. The van der Waals surface area contributed by atoms with E-state index in [0.717, 1.165) is 4.57 Å². The Morgan fingerprint density at radius 3 is 2.45 bits per heavy atom. The number of imidazole rings is 1. The largest absolute Gasteiger partial charge is 0.387 e. The highest BCUT2D eigenvalue weighted by atomic mass is 19.1. The average molecular weight is 404 g/mol. The van der Waals surface area contributed by atoms with E-state index in [0.29, 0.717) is 48.7 Å². The van der Waals surface area contributed by atoms with Crippen molar-refractivity contribution in [3.63, 3.8) is 0 Å². The fraction of sp³-hybridized carbons (Fsp3) is 0.450. The lowest BCUT2D eigenvalue weighted by molar-refractivity contribution is 0.152. The molecule has 2 aromatic heterocycles. The first-order valence-electron chi connectivity index (χ1n) is 9.52. The Morgan fingerprint density at radius 1 is 1.14 bits per heavy atom. The van der Waals surface area contributed by atoms with Crippen molar-refractivity contribution >= 4 is 11.2 Å². The van der Waals surface area contributed by atoms with Crippen LogP contribution in [0, 0.1) is 12.7 Å². The molecule has 1 aromatic carbocycles. The van der Waals surface area contributed by atoms with Gasteiger partial charge in [-0.25, -0.2) is 14.2 Å².